The van der Waals surface area contributed by atoms with Crippen LogP contribution in [0.3, 0.4) is 0 Å². The molecular weight excluding hydrogens is 376 g/mol. The molecule has 0 aliphatic heterocycles. The van der Waals surface area contributed by atoms with E-state index in [2.05, 4.69) is 19.2 Å². The Hall–Kier alpha value is -2.82. The summed E-state index contributed by atoms with van der Waals surface area (Å²) in [5.74, 6) is 0.951. The van der Waals surface area contributed by atoms with E-state index in [0.29, 0.717) is 25.4 Å². The SMILES string of the molecule is CC[C@@H](C(=O)NCC(C)C)N(Cc1ccccc1C)C(=O)Cc1ccc(OC)cc1. The van der Waals surface area contributed by atoms with Gasteiger partial charge in [-0.1, -0.05) is 57.2 Å². The molecule has 2 aromatic carbocycles. The number of benzene rings is 2. The third-order valence-corrected chi connectivity index (χ3v) is 5.19. The highest BCUT2D eigenvalue weighted by Gasteiger charge is 2.29. The summed E-state index contributed by atoms with van der Waals surface area (Å²) in [7, 11) is 1.62. The molecule has 0 aliphatic rings. The molecule has 0 saturated heterocycles. The molecule has 1 N–H and O–H groups in total. The van der Waals surface area contributed by atoms with E-state index in [1.807, 2.05) is 62.4 Å². The van der Waals surface area contributed by atoms with Gasteiger partial charge in [0, 0.05) is 13.1 Å². The van der Waals surface area contributed by atoms with Crippen LogP contribution < -0.4 is 10.1 Å². The fraction of sp³-hybridized carbons (Fsp3) is 0.440. The maximum Gasteiger partial charge on any atom is 0.242 e. The van der Waals surface area contributed by atoms with Gasteiger partial charge in [-0.25, -0.2) is 0 Å². The molecule has 1 atom stereocenters. The third-order valence-electron chi connectivity index (χ3n) is 5.19. The summed E-state index contributed by atoms with van der Waals surface area (Å²) < 4.78 is 5.20. The molecule has 162 valence electrons. The van der Waals surface area contributed by atoms with Crippen LogP contribution in [0.1, 0.15) is 43.9 Å². The van der Waals surface area contributed by atoms with Crippen molar-refractivity contribution in [2.24, 2.45) is 5.92 Å². The van der Waals surface area contributed by atoms with E-state index < -0.39 is 6.04 Å². The van der Waals surface area contributed by atoms with Crippen LogP contribution in [-0.4, -0.2) is 36.4 Å². The Bertz CT molecular complexity index is 831. The Labute approximate surface area is 180 Å². The average Bonchev–Trinajstić information content (AvgIpc) is 2.73. The summed E-state index contributed by atoms with van der Waals surface area (Å²) in [5.41, 5.74) is 3.06. The molecule has 2 aromatic rings. The van der Waals surface area contributed by atoms with Crippen molar-refractivity contribution in [1.82, 2.24) is 10.2 Å². The molecule has 30 heavy (non-hydrogen) atoms. The van der Waals surface area contributed by atoms with Gasteiger partial charge in [0.25, 0.3) is 0 Å². The minimum absolute atomic E-state index is 0.0602. The van der Waals surface area contributed by atoms with Gasteiger partial charge in [-0.2, -0.15) is 0 Å². The average molecular weight is 411 g/mol. The maximum atomic E-state index is 13.3. The minimum atomic E-state index is -0.505. The van der Waals surface area contributed by atoms with Crippen molar-refractivity contribution in [3.05, 3.63) is 65.2 Å². The topological polar surface area (TPSA) is 58.6 Å². The summed E-state index contributed by atoms with van der Waals surface area (Å²) in [4.78, 5) is 28.0. The first-order chi connectivity index (χ1) is 14.3. The molecule has 0 aromatic heterocycles. The highest BCUT2D eigenvalue weighted by molar-refractivity contribution is 5.88. The van der Waals surface area contributed by atoms with Crippen LogP contribution in [0.2, 0.25) is 0 Å². The molecule has 2 amide bonds. The van der Waals surface area contributed by atoms with Crippen LogP contribution >= 0.6 is 0 Å². The Morgan fingerprint density at radius 1 is 1.07 bits per heavy atom. The molecule has 0 aliphatic carbocycles. The fourth-order valence-corrected chi connectivity index (χ4v) is 3.33. The van der Waals surface area contributed by atoms with Gasteiger partial charge in [0.15, 0.2) is 0 Å². The number of hydrogen-bond acceptors (Lipinski definition) is 3. The van der Waals surface area contributed by atoms with Crippen molar-refractivity contribution in [3.63, 3.8) is 0 Å². The lowest BCUT2D eigenvalue weighted by atomic mass is 10.0. The summed E-state index contributed by atoms with van der Waals surface area (Å²) in [6.07, 6.45) is 0.800. The zero-order chi connectivity index (χ0) is 22.1. The van der Waals surface area contributed by atoms with Gasteiger partial charge >= 0.3 is 0 Å². The Morgan fingerprint density at radius 2 is 1.73 bits per heavy atom. The fourth-order valence-electron chi connectivity index (χ4n) is 3.33. The zero-order valence-electron chi connectivity index (χ0n) is 18.8. The minimum Gasteiger partial charge on any atom is -0.497 e. The first-order valence-electron chi connectivity index (χ1n) is 10.6. The van der Waals surface area contributed by atoms with Crippen LogP contribution in [0.4, 0.5) is 0 Å². The number of carbonyl (C=O) groups is 2. The number of hydrogen-bond donors (Lipinski definition) is 1. The van der Waals surface area contributed by atoms with Crippen LogP contribution in [-0.2, 0) is 22.6 Å². The molecule has 0 unspecified atom stereocenters. The maximum absolute atomic E-state index is 13.3. The van der Waals surface area contributed by atoms with Gasteiger partial charge in [0.05, 0.1) is 13.5 Å². The van der Waals surface area contributed by atoms with Gasteiger partial charge < -0.3 is 15.0 Å². The number of nitrogens with zero attached hydrogens (tertiary/aromatic N) is 1. The normalized spacial score (nSPS) is 11.8. The second-order valence-electron chi connectivity index (χ2n) is 8.04. The van der Waals surface area contributed by atoms with E-state index >= 15 is 0 Å². The first kappa shape index (κ1) is 23.5. The van der Waals surface area contributed by atoms with E-state index in [-0.39, 0.29) is 18.2 Å². The lowest BCUT2D eigenvalue weighted by molar-refractivity contribution is -0.141. The number of ether oxygens (including phenoxy) is 1. The number of carbonyl (C=O) groups excluding carboxylic acids is 2. The molecular formula is C25H34N2O3. The van der Waals surface area contributed by atoms with Crippen LogP contribution in [0.5, 0.6) is 5.75 Å². The van der Waals surface area contributed by atoms with Gasteiger partial charge in [0.2, 0.25) is 11.8 Å². The highest BCUT2D eigenvalue weighted by Crippen LogP contribution is 2.18. The van der Waals surface area contributed by atoms with E-state index in [0.717, 1.165) is 22.4 Å². The summed E-state index contributed by atoms with van der Waals surface area (Å²) in [5, 5.41) is 3.00. The number of amides is 2. The lowest BCUT2D eigenvalue weighted by Crippen LogP contribution is -2.50. The molecule has 0 heterocycles. The molecule has 0 spiro atoms. The van der Waals surface area contributed by atoms with Gasteiger partial charge in [-0.15, -0.1) is 0 Å². The molecule has 5 nitrogen and oxygen atoms in total. The number of nitrogens with one attached hydrogen (secondary N) is 1. The quantitative estimate of drug-likeness (QED) is 0.641. The number of rotatable bonds is 10. The van der Waals surface area contributed by atoms with Crippen LogP contribution in [0.25, 0.3) is 0 Å². The summed E-state index contributed by atoms with van der Waals surface area (Å²) >= 11 is 0. The lowest BCUT2D eigenvalue weighted by Gasteiger charge is -2.31. The van der Waals surface area contributed by atoms with E-state index in [1.165, 1.54) is 0 Å². The molecule has 2 rings (SSSR count). The van der Waals surface area contributed by atoms with Crippen LogP contribution in [0.15, 0.2) is 48.5 Å². The molecule has 0 radical (unpaired) electrons. The van der Waals surface area contributed by atoms with Crippen molar-refractivity contribution in [3.8, 4) is 5.75 Å². The standard InChI is InChI=1S/C25H34N2O3/c1-6-23(25(29)26-16-18(2)3)27(17-21-10-8-7-9-19(21)4)24(28)15-20-11-13-22(30-5)14-12-20/h7-14,18,23H,6,15-17H2,1-5H3,(H,26,29)/t23-/m0/s1. The van der Waals surface area contributed by atoms with Crippen molar-refractivity contribution in [2.45, 2.75) is 53.1 Å². The van der Waals surface area contributed by atoms with Crippen molar-refractivity contribution in [2.75, 3.05) is 13.7 Å². The van der Waals surface area contributed by atoms with E-state index in [4.69, 9.17) is 4.74 Å². The predicted molar refractivity (Wildman–Crippen MR) is 120 cm³/mol. The van der Waals surface area contributed by atoms with Gasteiger partial charge in [-0.05, 0) is 48.1 Å². The first-order valence-corrected chi connectivity index (χ1v) is 10.6. The Morgan fingerprint density at radius 3 is 2.30 bits per heavy atom. The summed E-state index contributed by atoms with van der Waals surface area (Å²) in [6.45, 7) is 9.10. The second kappa shape index (κ2) is 11.4. The smallest absolute Gasteiger partial charge is 0.242 e. The Kier molecular flexibility index (Phi) is 8.90. The Balaban J connectivity index is 2.27. The third kappa shape index (κ3) is 6.61. The van der Waals surface area contributed by atoms with Crippen molar-refractivity contribution in [1.29, 1.82) is 0 Å². The highest BCUT2D eigenvalue weighted by atomic mass is 16.5. The van der Waals surface area contributed by atoms with E-state index in [9.17, 15) is 9.59 Å². The van der Waals surface area contributed by atoms with Crippen LogP contribution in [0, 0.1) is 12.8 Å². The molecule has 0 fully saturated rings. The monoisotopic (exact) mass is 410 g/mol. The number of methoxy groups -OCH3 is 1. The zero-order valence-corrected chi connectivity index (χ0v) is 18.8. The van der Waals surface area contributed by atoms with Gasteiger partial charge in [0.1, 0.15) is 11.8 Å². The van der Waals surface area contributed by atoms with Gasteiger partial charge in [-0.3, -0.25) is 9.59 Å². The largest absolute Gasteiger partial charge is 0.497 e. The predicted octanol–water partition coefficient (Wildman–Crippen LogP) is 4.13. The molecule has 0 saturated carbocycles. The summed E-state index contributed by atoms with van der Waals surface area (Å²) in [6, 6.07) is 15.0. The molecule has 0 bridgehead atoms. The number of aryl methyl sites for hydroxylation is 1. The van der Waals surface area contributed by atoms with E-state index in [1.54, 1.807) is 12.0 Å². The molecule has 5 heteroatoms. The second-order valence-corrected chi connectivity index (χ2v) is 8.04. The van der Waals surface area contributed by atoms with Crippen molar-refractivity contribution < 1.29 is 14.3 Å². The van der Waals surface area contributed by atoms with Crippen molar-refractivity contribution >= 4 is 11.8 Å².